The number of nitrogens with one attached hydrogen (secondary N) is 1. The number of carbonyl (C=O) groups is 1. The molecule has 1 saturated heterocycles. The summed E-state index contributed by atoms with van der Waals surface area (Å²) in [6, 6.07) is 6.42. The van der Waals surface area contributed by atoms with Gasteiger partial charge in [-0.3, -0.25) is 0 Å². The molecule has 7 heteroatoms. The maximum Gasteiger partial charge on any atom is 0.337 e. The molecule has 6 nitrogen and oxygen atoms in total. The van der Waals surface area contributed by atoms with Gasteiger partial charge < -0.3 is 10.1 Å². The number of carbonyl (C=O) groups excluding carboxylic acids is 1. The Morgan fingerprint density at radius 3 is 2.62 bits per heavy atom. The first-order valence-electron chi connectivity index (χ1n) is 6.81. The SMILES string of the molecule is COC(=O)c1ccc(CS(=O)(=O)N2CCNCC2C)cc1. The Hall–Kier alpha value is -1.44. The molecule has 0 saturated carbocycles. The highest BCUT2D eigenvalue weighted by molar-refractivity contribution is 7.88. The minimum atomic E-state index is -3.35. The van der Waals surface area contributed by atoms with E-state index in [9.17, 15) is 13.2 Å². The molecule has 0 aliphatic carbocycles. The summed E-state index contributed by atoms with van der Waals surface area (Å²) in [6.45, 7) is 3.72. The lowest BCUT2D eigenvalue weighted by Gasteiger charge is -2.32. The summed E-state index contributed by atoms with van der Waals surface area (Å²) in [5, 5.41) is 3.17. The zero-order chi connectivity index (χ0) is 15.5. The molecule has 0 spiro atoms. The third-order valence-corrected chi connectivity index (χ3v) is 5.48. The van der Waals surface area contributed by atoms with E-state index in [0.29, 0.717) is 30.8 Å². The zero-order valence-corrected chi connectivity index (χ0v) is 13.0. The van der Waals surface area contributed by atoms with Gasteiger partial charge in [0.1, 0.15) is 0 Å². The monoisotopic (exact) mass is 312 g/mol. The van der Waals surface area contributed by atoms with Crippen molar-refractivity contribution in [2.24, 2.45) is 0 Å². The number of esters is 1. The summed E-state index contributed by atoms with van der Waals surface area (Å²) >= 11 is 0. The summed E-state index contributed by atoms with van der Waals surface area (Å²) in [5.74, 6) is -0.487. The van der Waals surface area contributed by atoms with Crippen molar-refractivity contribution in [3.8, 4) is 0 Å². The largest absolute Gasteiger partial charge is 0.465 e. The second-order valence-electron chi connectivity index (χ2n) is 5.11. The smallest absolute Gasteiger partial charge is 0.337 e. The number of hydrogen-bond acceptors (Lipinski definition) is 5. The van der Waals surface area contributed by atoms with Gasteiger partial charge in [0, 0.05) is 25.7 Å². The quantitative estimate of drug-likeness (QED) is 0.824. The van der Waals surface area contributed by atoms with Gasteiger partial charge in [0.2, 0.25) is 10.0 Å². The van der Waals surface area contributed by atoms with Crippen LogP contribution in [0.5, 0.6) is 0 Å². The molecule has 116 valence electrons. The molecule has 1 aliphatic rings. The van der Waals surface area contributed by atoms with Gasteiger partial charge in [-0.05, 0) is 24.6 Å². The van der Waals surface area contributed by atoms with Crippen molar-refractivity contribution in [1.29, 1.82) is 0 Å². The van der Waals surface area contributed by atoms with E-state index in [2.05, 4.69) is 10.1 Å². The van der Waals surface area contributed by atoms with E-state index >= 15 is 0 Å². The van der Waals surface area contributed by atoms with E-state index in [0.717, 1.165) is 0 Å². The summed E-state index contributed by atoms with van der Waals surface area (Å²) in [4.78, 5) is 11.3. The Kier molecular flexibility index (Phi) is 4.97. The standard InChI is InChI=1S/C14H20N2O4S/c1-11-9-15-7-8-16(11)21(18,19)10-12-3-5-13(6-4-12)14(17)20-2/h3-6,11,15H,7-10H2,1-2H3. The topological polar surface area (TPSA) is 75.7 Å². The molecule has 1 atom stereocenters. The Balaban J connectivity index is 2.11. The van der Waals surface area contributed by atoms with Crippen molar-refractivity contribution in [3.63, 3.8) is 0 Å². The van der Waals surface area contributed by atoms with E-state index < -0.39 is 16.0 Å². The molecule has 0 amide bonds. The number of nitrogens with zero attached hydrogens (tertiary/aromatic N) is 1. The summed E-state index contributed by atoms with van der Waals surface area (Å²) in [6.07, 6.45) is 0. The highest BCUT2D eigenvalue weighted by Gasteiger charge is 2.29. The molecule has 2 rings (SSSR count). The van der Waals surface area contributed by atoms with Crippen LogP contribution < -0.4 is 5.32 Å². The van der Waals surface area contributed by atoms with Gasteiger partial charge in [-0.2, -0.15) is 4.31 Å². The number of rotatable bonds is 4. The average Bonchev–Trinajstić information content (AvgIpc) is 2.47. The number of piperazine rings is 1. The van der Waals surface area contributed by atoms with Crippen LogP contribution in [0.15, 0.2) is 24.3 Å². The first-order valence-corrected chi connectivity index (χ1v) is 8.42. The van der Waals surface area contributed by atoms with Crippen molar-refractivity contribution in [2.45, 2.75) is 18.7 Å². The van der Waals surface area contributed by atoms with E-state index in [1.807, 2.05) is 6.92 Å². The van der Waals surface area contributed by atoms with Crippen LogP contribution in [-0.2, 0) is 20.5 Å². The predicted molar refractivity (Wildman–Crippen MR) is 79.4 cm³/mol. The van der Waals surface area contributed by atoms with E-state index in [4.69, 9.17) is 0 Å². The number of ether oxygens (including phenoxy) is 1. The van der Waals surface area contributed by atoms with Crippen molar-refractivity contribution in [1.82, 2.24) is 9.62 Å². The molecule has 1 heterocycles. The Labute approximate surface area is 125 Å². The highest BCUT2D eigenvalue weighted by atomic mass is 32.2. The predicted octanol–water partition coefficient (Wildman–Crippen LogP) is 0.597. The summed E-state index contributed by atoms with van der Waals surface area (Å²) in [7, 11) is -2.04. The van der Waals surface area contributed by atoms with Crippen LogP contribution in [0.25, 0.3) is 0 Å². The first kappa shape index (κ1) is 15.9. The molecule has 0 aromatic heterocycles. The summed E-state index contributed by atoms with van der Waals surface area (Å²) in [5.41, 5.74) is 1.07. The molecule has 0 radical (unpaired) electrons. The molecular weight excluding hydrogens is 292 g/mol. The van der Waals surface area contributed by atoms with Gasteiger partial charge in [0.25, 0.3) is 0 Å². The van der Waals surface area contributed by atoms with E-state index in [1.54, 1.807) is 24.3 Å². The molecule has 1 aromatic rings. The second-order valence-corrected chi connectivity index (χ2v) is 7.03. The number of sulfonamides is 1. The Morgan fingerprint density at radius 2 is 2.05 bits per heavy atom. The average molecular weight is 312 g/mol. The van der Waals surface area contributed by atoms with Crippen LogP contribution >= 0.6 is 0 Å². The fourth-order valence-electron chi connectivity index (χ4n) is 2.38. The fourth-order valence-corrected chi connectivity index (χ4v) is 4.16. The third-order valence-electron chi connectivity index (χ3n) is 3.52. The molecule has 1 aliphatic heterocycles. The number of benzene rings is 1. The second kappa shape index (κ2) is 6.55. The molecule has 1 N–H and O–H groups in total. The molecule has 0 bridgehead atoms. The lowest BCUT2D eigenvalue weighted by atomic mass is 10.1. The van der Waals surface area contributed by atoms with Crippen LogP contribution in [0.3, 0.4) is 0 Å². The lowest BCUT2D eigenvalue weighted by molar-refractivity contribution is 0.0600. The fraction of sp³-hybridized carbons (Fsp3) is 0.500. The van der Waals surface area contributed by atoms with Crippen molar-refractivity contribution in [3.05, 3.63) is 35.4 Å². The van der Waals surface area contributed by atoms with Gasteiger partial charge in [0.15, 0.2) is 0 Å². The van der Waals surface area contributed by atoms with Gasteiger partial charge >= 0.3 is 5.97 Å². The maximum absolute atomic E-state index is 12.4. The molecule has 1 unspecified atom stereocenters. The molecular formula is C14H20N2O4S. The molecule has 21 heavy (non-hydrogen) atoms. The van der Waals surface area contributed by atoms with Crippen LogP contribution in [0.1, 0.15) is 22.8 Å². The van der Waals surface area contributed by atoms with Crippen LogP contribution in [0.2, 0.25) is 0 Å². The summed E-state index contributed by atoms with van der Waals surface area (Å²) < 4.78 is 31.0. The van der Waals surface area contributed by atoms with Gasteiger partial charge in [-0.1, -0.05) is 12.1 Å². The van der Waals surface area contributed by atoms with Crippen molar-refractivity contribution in [2.75, 3.05) is 26.7 Å². The van der Waals surface area contributed by atoms with Crippen molar-refractivity contribution >= 4 is 16.0 Å². The molecule has 1 fully saturated rings. The van der Waals surface area contributed by atoms with Crippen LogP contribution in [-0.4, -0.2) is 51.5 Å². The Bertz CT molecular complexity index is 598. The van der Waals surface area contributed by atoms with Gasteiger partial charge in [-0.15, -0.1) is 0 Å². The van der Waals surface area contributed by atoms with E-state index in [1.165, 1.54) is 11.4 Å². The molecule has 1 aromatic carbocycles. The van der Waals surface area contributed by atoms with Gasteiger partial charge in [-0.25, -0.2) is 13.2 Å². The maximum atomic E-state index is 12.4. The lowest BCUT2D eigenvalue weighted by Crippen LogP contribution is -2.52. The highest BCUT2D eigenvalue weighted by Crippen LogP contribution is 2.16. The van der Waals surface area contributed by atoms with Crippen molar-refractivity contribution < 1.29 is 17.9 Å². The number of hydrogen-bond donors (Lipinski definition) is 1. The minimum absolute atomic E-state index is 0.0434. The first-order chi connectivity index (χ1) is 9.94. The van der Waals surface area contributed by atoms with E-state index in [-0.39, 0.29) is 11.8 Å². The Morgan fingerprint density at radius 1 is 1.38 bits per heavy atom. The van der Waals surface area contributed by atoms with Gasteiger partial charge in [0.05, 0.1) is 18.4 Å². The third kappa shape index (κ3) is 3.81. The number of methoxy groups -OCH3 is 1. The zero-order valence-electron chi connectivity index (χ0n) is 12.2. The van der Waals surface area contributed by atoms with Crippen LogP contribution in [0, 0.1) is 0 Å². The van der Waals surface area contributed by atoms with Crippen LogP contribution in [0.4, 0.5) is 0 Å². The minimum Gasteiger partial charge on any atom is -0.465 e. The normalized spacial score (nSPS) is 20.2.